The lowest BCUT2D eigenvalue weighted by molar-refractivity contribution is 0.302. The molecule has 0 amide bonds. The Bertz CT molecular complexity index is 119. The Kier molecular flexibility index (Phi) is 4.88. The molecular weight excluding hydrogens is 164 g/mol. The molecule has 12 heavy (non-hydrogen) atoms. The molecule has 0 N–H and O–H groups in total. The Morgan fingerprint density at radius 1 is 1.17 bits per heavy atom. The second-order valence-electron chi connectivity index (χ2n) is 3.68. The Morgan fingerprint density at radius 2 is 1.92 bits per heavy atom. The Balaban J connectivity index is 2.16. The van der Waals surface area contributed by atoms with E-state index in [1.165, 1.54) is 45.4 Å². The van der Waals surface area contributed by atoms with Gasteiger partial charge in [-0.3, -0.25) is 0 Å². The van der Waals surface area contributed by atoms with Gasteiger partial charge in [0.15, 0.2) is 9.84 Å². The topological polar surface area (TPSA) is 6.48 Å². The van der Waals surface area contributed by atoms with Gasteiger partial charge in [-0.05, 0) is 39.0 Å². The van der Waals surface area contributed by atoms with Crippen LogP contribution in [0.2, 0.25) is 0 Å². The van der Waals surface area contributed by atoms with Crippen molar-refractivity contribution in [3.8, 4) is 0 Å². The minimum Gasteiger partial charge on any atom is -0.317 e. The van der Waals surface area contributed by atoms with Gasteiger partial charge in [-0.15, -0.1) is 0 Å². The van der Waals surface area contributed by atoms with Crippen LogP contribution in [0.4, 0.5) is 0 Å². The summed E-state index contributed by atoms with van der Waals surface area (Å²) in [6.45, 7) is 9.95. The molecule has 0 bridgehead atoms. The molecule has 0 aromatic carbocycles. The molecule has 1 aliphatic rings. The van der Waals surface area contributed by atoms with E-state index in [4.69, 9.17) is 0 Å². The molecule has 3 heteroatoms. The van der Waals surface area contributed by atoms with Crippen LogP contribution >= 0.6 is 0 Å². The van der Waals surface area contributed by atoms with Crippen molar-refractivity contribution in [2.45, 2.75) is 33.1 Å². The van der Waals surface area contributed by atoms with Gasteiger partial charge in [0.2, 0.25) is 0 Å². The van der Waals surface area contributed by atoms with Crippen molar-refractivity contribution in [1.29, 1.82) is 0 Å². The molecule has 72 valence electrons. The first-order chi connectivity index (χ1) is 5.86. The van der Waals surface area contributed by atoms with Gasteiger partial charge in [0.25, 0.3) is 0 Å². The van der Waals surface area contributed by atoms with Crippen LogP contribution < -0.4 is 0 Å². The quantitative estimate of drug-likeness (QED) is 0.600. The van der Waals surface area contributed by atoms with Crippen LogP contribution in [0.25, 0.3) is 0 Å². The first-order valence-electron chi connectivity index (χ1n) is 5.31. The number of rotatable bonds is 4. The van der Waals surface area contributed by atoms with E-state index in [-0.39, 0.29) is 9.84 Å². The average Bonchev–Trinajstić information content (AvgIpc) is 2.15. The molecule has 0 spiro atoms. The molecule has 0 saturated carbocycles. The normalized spacial score (nSPS) is 23.5. The van der Waals surface area contributed by atoms with Crippen molar-refractivity contribution in [1.82, 2.24) is 9.13 Å². The molecule has 0 aromatic heterocycles. The fraction of sp³-hybridized carbons (Fsp3) is 1.00. The number of hydrogen-bond acceptors (Lipinski definition) is 2. The van der Waals surface area contributed by atoms with Gasteiger partial charge in [-0.25, -0.2) is 0 Å². The van der Waals surface area contributed by atoms with Gasteiger partial charge in [0.05, 0.1) is 0 Å². The maximum atomic E-state index is 2.72. The third-order valence-corrected chi connectivity index (χ3v) is 4.82. The molecule has 1 heterocycles. The Hall–Kier alpha value is 0.137. The summed E-state index contributed by atoms with van der Waals surface area (Å²) >= 11 is 0. The highest BCUT2D eigenvalue weighted by atomic mass is 28.2. The SMILES string of the molecule is CCCCN1CCCN(CC)[SiH2]1. The zero-order chi connectivity index (χ0) is 8.81. The van der Waals surface area contributed by atoms with Crippen LogP contribution in [0.1, 0.15) is 33.1 Å². The van der Waals surface area contributed by atoms with Gasteiger partial charge in [-0.1, -0.05) is 20.3 Å². The van der Waals surface area contributed by atoms with E-state index in [1.807, 2.05) is 0 Å². The van der Waals surface area contributed by atoms with Crippen molar-refractivity contribution in [2.24, 2.45) is 0 Å². The minimum atomic E-state index is -0.0172. The van der Waals surface area contributed by atoms with Crippen LogP contribution in [0.3, 0.4) is 0 Å². The summed E-state index contributed by atoms with van der Waals surface area (Å²) in [5.74, 6) is 0. The summed E-state index contributed by atoms with van der Waals surface area (Å²) in [5, 5.41) is 0. The fourth-order valence-electron chi connectivity index (χ4n) is 1.76. The second-order valence-corrected chi connectivity index (χ2v) is 5.75. The molecule has 0 radical (unpaired) electrons. The van der Waals surface area contributed by atoms with Crippen LogP contribution in [0.15, 0.2) is 0 Å². The van der Waals surface area contributed by atoms with Crippen molar-refractivity contribution in [3.63, 3.8) is 0 Å². The highest BCUT2D eigenvalue weighted by Gasteiger charge is 2.15. The molecule has 0 atom stereocenters. The van der Waals surface area contributed by atoms with Gasteiger partial charge in [0.1, 0.15) is 0 Å². The summed E-state index contributed by atoms with van der Waals surface area (Å²) in [7, 11) is -0.0172. The predicted octanol–water partition coefficient (Wildman–Crippen LogP) is 0.813. The van der Waals surface area contributed by atoms with E-state index in [0.29, 0.717) is 0 Å². The van der Waals surface area contributed by atoms with E-state index >= 15 is 0 Å². The first kappa shape index (κ1) is 10.2. The number of hydrogen-bond donors (Lipinski definition) is 0. The van der Waals surface area contributed by atoms with E-state index in [1.54, 1.807) is 0 Å². The average molecular weight is 186 g/mol. The maximum absolute atomic E-state index is 2.72. The molecule has 0 aromatic rings. The third kappa shape index (κ3) is 3.25. The molecule has 1 rings (SSSR count). The zero-order valence-electron chi connectivity index (χ0n) is 8.55. The molecular formula is C9H22N2Si. The molecule has 0 unspecified atom stereocenters. The van der Waals surface area contributed by atoms with E-state index < -0.39 is 0 Å². The summed E-state index contributed by atoms with van der Waals surface area (Å²) < 4.78 is 5.38. The van der Waals surface area contributed by atoms with Gasteiger partial charge >= 0.3 is 0 Å². The summed E-state index contributed by atoms with van der Waals surface area (Å²) in [6, 6.07) is 0. The standard InChI is InChI=1S/C9H22N2Si/c1-3-5-7-11-9-6-8-10(4-2)12-11/h3-9,12H2,1-2H3. The summed E-state index contributed by atoms with van der Waals surface area (Å²) in [5.41, 5.74) is 0. The molecule has 0 aliphatic carbocycles. The Labute approximate surface area is 78.9 Å². The monoisotopic (exact) mass is 186 g/mol. The maximum Gasteiger partial charge on any atom is 0.173 e. The second kappa shape index (κ2) is 5.73. The first-order valence-corrected chi connectivity index (χ1v) is 6.58. The minimum absolute atomic E-state index is 0.0172. The molecule has 1 aliphatic heterocycles. The van der Waals surface area contributed by atoms with Gasteiger partial charge < -0.3 is 9.13 Å². The van der Waals surface area contributed by atoms with Crippen molar-refractivity contribution >= 4 is 9.84 Å². The lowest BCUT2D eigenvalue weighted by Gasteiger charge is -2.34. The number of nitrogens with zero attached hydrogens (tertiary/aromatic N) is 2. The van der Waals surface area contributed by atoms with Crippen molar-refractivity contribution in [3.05, 3.63) is 0 Å². The smallest absolute Gasteiger partial charge is 0.173 e. The third-order valence-electron chi connectivity index (χ3n) is 2.62. The largest absolute Gasteiger partial charge is 0.317 e. The fourth-order valence-corrected chi connectivity index (χ4v) is 3.63. The van der Waals surface area contributed by atoms with Crippen LogP contribution in [0.5, 0.6) is 0 Å². The van der Waals surface area contributed by atoms with Crippen LogP contribution in [0, 0.1) is 0 Å². The Morgan fingerprint density at radius 3 is 2.58 bits per heavy atom. The van der Waals surface area contributed by atoms with E-state index in [2.05, 4.69) is 23.0 Å². The van der Waals surface area contributed by atoms with Crippen molar-refractivity contribution < 1.29 is 0 Å². The van der Waals surface area contributed by atoms with E-state index in [9.17, 15) is 0 Å². The number of unbranched alkanes of at least 4 members (excludes halogenated alkanes) is 1. The highest BCUT2D eigenvalue weighted by molar-refractivity contribution is 6.28. The molecule has 1 saturated heterocycles. The van der Waals surface area contributed by atoms with Gasteiger partial charge in [-0.2, -0.15) is 0 Å². The van der Waals surface area contributed by atoms with Crippen LogP contribution in [-0.2, 0) is 0 Å². The lowest BCUT2D eigenvalue weighted by atomic mass is 10.3. The molecule has 1 fully saturated rings. The molecule has 2 nitrogen and oxygen atoms in total. The van der Waals surface area contributed by atoms with Crippen LogP contribution in [-0.4, -0.2) is 45.2 Å². The summed E-state index contributed by atoms with van der Waals surface area (Å²) in [4.78, 5) is 0. The zero-order valence-corrected chi connectivity index (χ0v) is 9.97. The highest BCUT2D eigenvalue weighted by Crippen LogP contribution is 2.04. The van der Waals surface area contributed by atoms with Gasteiger partial charge in [0, 0.05) is 0 Å². The van der Waals surface area contributed by atoms with Crippen molar-refractivity contribution in [2.75, 3.05) is 26.2 Å². The summed E-state index contributed by atoms with van der Waals surface area (Å²) in [6.07, 6.45) is 4.13. The lowest BCUT2D eigenvalue weighted by Crippen LogP contribution is -2.47. The van der Waals surface area contributed by atoms with E-state index in [0.717, 1.165) is 0 Å². The predicted molar refractivity (Wildman–Crippen MR) is 56.9 cm³/mol.